The third kappa shape index (κ3) is 3.95. The quantitative estimate of drug-likeness (QED) is 0.712. The van der Waals surface area contributed by atoms with Crippen LogP contribution in [-0.2, 0) is 17.9 Å². The Hall–Kier alpha value is -0.860. The predicted octanol–water partition coefficient (Wildman–Crippen LogP) is 2.72. The van der Waals surface area contributed by atoms with E-state index in [1.54, 1.807) is 0 Å². The molecule has 1 aromatic carbocycles. The van der Waals surface area contributed by atoms with Crippen molar-refractivity contribution in [1.82, 2.24) is 5.32 Å². The maximum absolute atomic E-state index is 5.68. The Morgan fingerprint density at radius 3 is 2.88 bits per heavy atom. The molecule has 1 fully saturated rings. The third-order valence-corrected chi connectivity index (χ3v) is 3.01. The second-order valence-corrected chi connectivity index (χ2v) is 4.63. The fourth-order valence-corrected chi connectivity index (χ4v) is 1.88. The molecular formula is C14H21NO. The first kappa shape index (κ1) is 11.6. The summed E-state index contributed by atoms with van der Waals surface area (Å²) in [5.41, 5.74) is 2.61. The standard InChI is InChI=1S/C14H21NO/c1-15-10-13-3-2-4-14(9-13)11-16-8-7-12-5-6-12/h2-4,9,12,15H,5-8,10-11H2,1H3. The van der Waals surface area contributed by atoms with Crippen molar-refractivity contribution in [1.29, 1.82) is 0 Å². The van der Waals surface area contributed by atoms with E-state index >= 15 is 0 Å². The largest absolute Gasteiger partial charge is 0.377 e. The summed E-state index contributed by atoms with van der Waals surface area (Å²) in [4.78, 5) is 0. The Balaban J connectivity index is 1.71. The van der Waals surface area contributed by atoms with Crippen LogP contribution in [-0.4, -0.2) is 13.7 Å². The fourth-order valence-electron chi connectivity index (χ4n) is 1.88. The molecule has 0 spiro atoms. The molecule has 0 aromatic heterocycles. The summed E-state index contributed by atoms with van der Waals surface area (Å²) in [6, 6.07) is 8.60. The summed E-state index contributed by atoms with van der Waals surface area (Å²) in [5, 5.41) is 3.16. The second-order valence-electron chi connectivity index (χ2n) is 4.63. The topological polar surface area (TPSA) is 21.3 Å². The van der Waals surface area contributed by atoms with Gasteiger partial charge in [0.25, 0.3) is 0 Å². The van der Waals surface area contributed by atoms with E-state index < -0.39 is 0 Å². The van der Waals surface area contributed by atoms with Crippen molar-refractivity contribution < 1.29 is 4.74 Å². The summed E-state index contributed by atoms with van der Waals surface area (Å²) in [6.07, 6.45) is 4.08. The fraction of sp³-hybridized carbons (Fsp3) is 0.571. The van der Waals surface area contributed by atoms with E-state index in [0.717, 1.165) is 25.7 Å². The van der Waals surface area contributed by atoms with Crippen LogP contribution < -0.4 is 5.32 Å². The van der Waals surface area contributed by atoms with Crippen LogP contribution in [0.4, 0.5) is 0 Å². The molecule has 16 heavy (non-hydrogen) atoms. The van der Waals surface area contributed by atoms with Gasteiger partial charge in [-0.25, -0.2) is 0 Å². The molecule has 88 valence electrons. The number of nitrogens with one attached hydrogen (secondary N) is 1. The van der Waals surface area contributed by atoms with E-state index in [2.05, 4.69) is 29.6 Å². The van der Waals surface area contributed by atoms with Crippen LogP contribution in [0.1, 0.15) is 30.4 Å². The van der Waals surface area contributed by atoms with Gasteiger partial charge in [-0.1, -0.05) is 37.1 Å². The average Bonchev–Trinajstić information content (AvgIpc) is 3.09. The van der Waals surface area contributed by atoms with Crippen LogP contribution >= 0.6 is 0 Å². The van der Waals surface area contributed by atoms with Gasteiger partial charge < -0.3 is 10.1 Å². The van der Waals surface area contributed by atoms with E-state index in [4.69, 9.17) is 4.74 Å². The highest BCUT2D eigenvalue weighted by Gasteiger charge is 2.20. The smallest absolute Gasteiger partial charge is 0.0716 e. The van der Waals surface area contributed by atoms with Crippen LogP contribution in [0.15, 0.2) is 24.3 Å². The first-order valence-electron chi connectivity index (χ1n) is 6.18. The molecule has 0 atom stereocenters. The van der Waals surface area contributed by atoms with Gasteiger partial charge in [-0.2, -0.15) is 0 Å². The molecule has 2 heteroatoms. The molecule has 1 aromatic rings. The number of hydrogen-bond donors (Lipinski definition) is 1. The predicted molar refractivity (Wildman–Crippen MR) is 66.2 cm³/mol. The maximum Gasteiger partial charge on any atom is 0.0716 e. The van der Waals surface area contributed by atoms with Crippen molar-refractivity contribution in [2.24, 2.45) is 5.92 Å². The molecular weight excluding hydrogens is 198 g/mol. The van der Waals surface area contributed by atoms with Gasteiger partial charge in [0.1, 0.15) is 0 Å². The SMILES string of the molecule is CNCc1cccc(COCCC2CC2)c1. The molecule has 0 amide bonds. The molecule has 0 radical (unpaired) electrons. The lowest BCUT2D eigenvalue weighted by atomic mass is 10.1. The second kappa shape index (κ2) is 6.02. The molecule has 2 rings (SSSR count). The summed E-state index contributed by atoms with van der Waals surface area (Å²) in [7, 11) is 1.97. The molecule has 0 aliphatic heterocycles. The van der Waals surface area contributed by atoms with Crippen LogP contribution in [0, 0.1) is 5.92 Å². The zero-order valence-corrected chi connectivity index (χ0v) is 10.0. The van der Waals surface area contributed by atoms with Gasteiger partial charge in [0.15, 0.2) is 0 Å². The van der Waals surface area contributed by atoms with Crippen LogP contribution in [0.2, 0.25) is 0 Å². The maximum atomic E-state index is 5.68. The van der Waals surface area contributed by atoms with Gasteiger partial charge in [-0.3, -0.25) is 0 Å². The minimum atomic E-state index is 0.754. The minimum Gasteiger partial charge on any atom is -0.377 e. The van der Waals surface area contributed by atoms with E-state index in [1.807, 2.05) is 7.05 Å². The van der Waals surface area contributed by atoms with Crippen LogP contribution in [0.25, 0.3) is 0 Å². The van der Waals surface area contributed by atoms with Gasteiger partial charge in [0, 0.05) is 13.2 Å². The lowest BCUT2D eigenvalue weighted by Gasteiger charge is -2.06. The Kier molecular flexibility index (Phi) is 4.37. The Morgan fingerprint density at radius 1 is 1.31 bits per heavy atom. The normalized spacial score (nSPS) is 15.3. The van der Waals surface area contributed by atoms with Crippen molar-refractivity contribution in [2.75, 3.05) is 13.7 Å². The van der Waals surface area contributed by atoms with Crippen molar-refractivity contribution in [3.63, 3.8) is 0 Å². The summed E-state index contributed by atoms with van der Waals surface area (Å²) in [6.45, 7) is 2.60. The summed E-state index contributed by atoms with van der Waals surface area (Å²) in [5.74, 6) is 0.968. The lowest BCUT2D eigenvalue weighted by Crippen LogP contribution is -2.05. The first-order valence-corrected chi connectivity index (χ1v) is 6.18. The van der Waals surface area contributed by atoms with Crippen molar-refractivity contribution in [3.8, 4) is 0 Å². The van der Waals surface area contributed by atoms with Gasteiger partial charge in [-0.15, -0.1) is 0 Å². The van der Waals surface area contributed by atoms with Crippen molar-refractivity contribution in [2.45, 2.75) is 32.4 Å². The Morgan fingerprint density at radius 2 is 2.12 bits per heavy atom. The summed E-state index contributed by atoms with van der Waals surface area (Å²) < 4.78 is 5.68. The van der Waals surface area contributed by atoms with E-state index in [0.29, 0.717) is 0 Å². The molecule has 2 nitrogen and oxygen atoms in total. The molecule has 1 aliphatic carbocycles. The molecule has 0 saturated heterocycles. The van der Waals surface area contributed by atoms with Crippen molar-refractivity contribution in [3.05, 3.63) is 35.4 Å². The number of benzene rings is 1. The highest BCUT2D eigenvalue weighted by Crippen LogP contribution is 2.32. The molecule has 1 N–H and O–H groups in total. The van der Waals surface area contributed by atoms with Crippen molar-refractivity contribution >= 4 is 0 Å². The molecule has 1 saturated carbocycles. The van der Waals surface area contributed by atoms with Gasteiger partial charge in [0.05, 0.1) is 6.61 Å². The highest BCUT2D eigenvalue weighted by molar-refractivity contribution is 5.22. The molecule has 1 aliphatic rings. The number of rotatable bonds is 7. The molecule has 0 heterocycles. The molecule has 0 bridgehead atoms. The lowest BCUT2D eigenvalue weighted by molar-refractivity contribution is 0.115. The zero-order valence-electron chi connectivity index (χ0n) is 10.0. The third-order valence-electron chi connectivity index (χ3n) is 3.01. The Bertz CT molecular complexity index is 320. The zero-order chi connectivity index (χ0) is 11.2. The molecule has 0 unspecified atom stereocenters. The van der Waals surface area contributed by atoms with E-state index in [-0.39, 0.29) is 0 Å². The van der Waals surface area contributed by atoms with Crippen LogP contribution in [0.5, 0.6) is 0 Å². The van der Waals surface area contributed by atoms with Crippen LogP contribution in [0.3, 0.4) is 0 Å². The minimum absolute atomic E-state index is 0.754. The summed E-state index contributed by atoms with van der Waals surface area (Å²) >= 11 is 0. The number of hydrogen-bond acceptors (Lipinski definition) is 2. The number of ether oxygens (including phenoxy) is 1. The average molecular weight is 219 g/mol. The van der Waals surface area contributed by atoms with Gasteiger partial charge in [-0.05, 0) is 30.5 Å². The first-order chi connectivity index (χ1) is 7.88. The van der Waals surface area contributed by atoms with E-state index in [9.17, 15) is 0 Å². The van der Waals surface area contributed by atoms with Gasteiger partial charge >= 0.3 is 0 Å². The van der Waals surface area contributed by atoms with Gasteiger partial charge in [0.2, 0.25) is 0 Å². The van der Waals surface area contributed by atoms with E-state index in [1.165, 1.54) is 30.4 Å². The Labute approximate surface area is 98.0 Å². The monoisotopic (exact) mass is 219 g/mol. The highest BCUT2D eigenvalue weighted by atomic mass is 16.5.